The van der Waals surface area contributed by atoms with E-state index < -0.39 is 0 Å². The van der Waals surface area contributed by atoms with Gasteiger partial charge in [-0.3, -0.25) is 4.90 Å². The van der Waals surface area contributed by atoms with E-state index in [1.54, 1.807) is 0 Å². The van der Waals surface area contributed by atoms with Gasteiger partial charge in [0.2, 0.25) is 0 Å². The second kappa shape index (κ2) is 7.39. The number of halogens is 1. The summed E-state index contributed by atoms with van der Waals surface area (Å²) in [5, 5.41) is 5.54. The Kier molecular flexibility index (Phi) is 4.65. The van der Waals surface area contributed by atoms with E-state index in [1.165, 1.54) is 47.9 Å². The number of oxime groups is 1. The molecule has 2 aliphatic carbocycles. The Bertz CT molecular complexity index is 937. The van der Waals surface area contributed by atoms with Crippen molar-refractivity contribution in [3.05, 3.63) is 69.7 Å². The highest BCUT2D eigenvalue weighted by atomic mass is 35.5. The first kappa shape index (κ1) is 18.9. The van der Waals surface area contributed by atoms with Gasteiger partial charge in [-0.05, 0) is 59.8 Å². The molecule has 0 amide bonds. The van der Waals surface area contributed by atoms with E-state index in [-0.39, 0.29) is 5.60 Å². The first-order valence-electron chi connectivity index (χ1n) is 11.5. The lowest BCUT2D eigenvalue weighted by atomic mass is 9.85. The number of hydrogen-bond acceptors (Lipinski definition) is 3. The Balaban J connectivity index is 1.12. The summed E-state index contributed by atoms with van der Waals surface area (Å²) in [6, 6.07) is 15.3. The summed E-state index contributed by atoms with van der Waals surface area (Å²) < 4.78 is 0. The van der Waals surface area contributed by atoms with Crippen molar-refractivity contribution in [1.82, 2.24) is 4.90 Å². The van der Waals surface area contributed by atoms with Crippen molar-refractivity contribution >= 4 is 17.3 Å². The fourth-order valence-electron chi connectivity index (χ4n) is 5.16. The van der Waals surface area contributed by atoms with Gasteiger partial charge in [0.15, 0.2) is 0 Å². The van der Waals surface area contributed by atoms with Gasteiger partial charge in [-0.2, -0.15) is 0 Å². The Morgan fingerprint density at radius 3 is 2.20 bits per heavy atom. The predicted octanol–water partition coefficient (Wildman–Crippen LogP) is 6.25. The molecule has 2 aromatic rings. The molecule has 0 bridgehead atoms. The Morgan fingerprint density at radius 1 is 0.967 bits per heavy atom. The van der Waals surface area contributed by atoms with Gasteiger partial charge in [0.05, 0.1) is 5.71 Å². The van der Waals surface area contributed by atoms with Crippen molar-refractivity contribution < 1.29 is 4.84 Å². The quantitative estimate of drug-likeness (QED) is 0.570. The van der Waals surface area contributed by atoms with E-state index in [2.05, 4.69) is 46.5 Å². The van der Waals surface area contributed by atoms with Gasteiger partial charge >= 0.3 is 0 Å². The molecule has 3 fully saturated rings. The van der Waals surface area contributed by atoms with Crippen molar-refractivity contribution in [2.24, 2.45) is 5.16 Å². The average Bonchev–Trinajstić information content (AvgIpc) is 3.70. The molecule has 6 rings (SSSR count). The van der Waals surface area contributed by atoms with E-state index in [9.17, 15) is 0 Å². The summed E-state index contributed by atoms with van der Waals surface area (Å²) in [7, 11) is 0. The van der Waals surface area contributed by atoms with Crippen LogP contribution in [-0.4, -0.2) is 29.3 Å². The summed E-state index contributed by atoms with van der Waals surface area (Å²) in [4.78, 5) is 8.61. The molecule has 0 N–H and O–H groups in total. The predicted molar refractivity (Wildman–Crippen MR) is 121 cm³/mol. The van der Waals surface area contributed by atoms with Gasteiger partial charge in [-0.25, -0.2) is 0 Å². The summed E-state index contributed by atoms with van der Waals surface area (Å²) >= 11 is 6.80. The van der Waals surface area contributed by atoms with Crippen molar-refractivity contribution in [3.63, 3.8) is 0 Å². The van der Waals surface area contributed by atoms with Crippen LogP contribution >= 0.6 is 11.6 Å². The molecule has 4 aliphatic rings. The van der Waals surface area contributed by atoms with Crippen LogP contribution in [0.2, 0.25) is 5.02 Å². The Hall–Kier alpha value is -1.84. The second-order valence-electron chi connectivity index (χ2n) is 9.77. The maximum atomic E-state index is 6.80. The molecule has 0 atom stereocenters. The largest absolute Gasteiger partial charge is 0.388 e. The van der Waals surface area contributed by atoms with Gasteiger partial charge in [0.1, 0.15) is 5.60 Å². The zero-order chi connectivity index (χ0) is 20.1. The summed E-state index contributed by atoms with van der Waals surface area (Å²) in [5.41, 5.74) is 6.49. The van der Waals surface area contributed by atoms with Crippen LogP contribution in [0.15, 0.2) is 47.6 Å². The smallest absolute Gasteiger partial charge is 0.145 e. The molecule has 4 heteroatoms. The van der Waals surface area contributed by atoms with Crippen molar-refractivity contribution in [3.8, 4) is 0 Å². The van der Waals surface area contributed by atoms with Gasteiger partial charge in [0.25, 0.3) is 0 Å². The zero-order valence-corrected chi connectivity index (χ0v) is 18.2. The first-order valence-corrected chi connectivity index (χ1v) is 11.9. The number of likely N-dealkylation sites (tertiary alicyclic amines) is 1. The lowest BCUT2D eigenvalue weighted by molar-refractivity contribution is -0.0627. The van der Waals surface area contributed by atoms with Crippen LogP contribution in [0, 0.1) is 0 Å². The van der Waals surface area contributed by atoms with Crippen LogP contribution in [-0.2, 0) is 11.4 Å². The minimum atomic E-state index is -0.0972. The van der Waals surface area contributed by atoms with Gasteiger partial charge in [-0.15, -0.1) is 0 Å². The van der Waals surface area contributed by atoms with Crippen molar-refractivity contribution in [2.45, 2.75) is 68.9 Å². The maximum Gasteiger partial charge on any atom is 0.145 e. The molecule has 1 spiro atoms. The Labute approximate surface area is 184 Å². The number of piperidine rings is 1. The Morgan fingerprint density at radius 2 is 1.60 bits per heavy atom. The SMILES string of the molecule is Clc1c(C2CC2)cc(CN2CCC3(CC2)CC(c2ccccc2)=NO3)cc1C1CC1. The lowest BCUT2D eigenvalue weighted by Gasteiger charge is -2.37. The van der Waals surface area contributed by atoms with E-state index in [1.807, 2.05) is 6.07 Å². The van der Waals surface area contributed by atoms with E-state index in [0.29, 0.717) is 11.8 Å². The highest BCUT2D eigenvalue weighted by Gasteiger charge is 2.42. The summed E-state index contributed by atoms with van der Waals surface area (Å²) in [6.45, 7) is 3.16. The van der Waals surface area contributed by atoms with Crippen molar-refractivity contribution in [2.75, 3.05) is 13.1 Å². The molecule has 30 heavy (non-hydrogen) atoms. The van der Waals surface area contributed by atoms with E-state index in [0.717, 1.165) is 49.6 Å². The van der Waals surface area contributed by atoms with Crippen LogP contribution < -0.4 is 0 Å². The molecular weight excluding hydrogens is 392 g/mol. The van der Waals surface area contributed by atoms with Crippen molar-refractivity contribution in [1.29, 1.82) is 0 Å². The molecule has 0 radical (unpaired) electrons. The number of nitrogens with zero attached hydrogens (tertiary/aromatic N) is 2. The van der Waals surface area contributed by atoms with Gasteiger partial charge in [0, 0.05) is 43.9 Å². The maximum absolute atomic E-state index is 6.80. The minimum absolute atomic E-state index is 0.0972. The second-order valence-corrected chi connectivity index (χ2v) is 10.1. The monoisotopic (exact) mass is 420 g/mol. The van der Waals surface area contributed by atoms with Crippen LogP contribution in [0.3, 0.4) is 0 Å². The standard InChI is InChI=1S/C26H29ClN2O/c27-25-22(19-6-7-19)14-18(15-23(25)20-8-9-20)17-29-12-10-26(11-13-29)16-24(28-30-26)21-4-2-1-3-5-21/h1-5,14-15,19-20H,6-13,16-17H2. The first-order chi connectivity index (χ1) is 14.7. The van der Waals surface area contributed by atoms with Crippen LogP contribution in [0.25, 0.3) is 0 Å². The minimum Gasteiger partial charge on any atom is -0.388 e. The van der Waals surface area contributed by atoms with Gasteiger partial charge < -0.3 is 4.84 Å². The highest BCUT2D eigenvalue weighted by molar-refractivity contribution is 6.32. The molecule has 2 aliphatic heterocycles. The molecule has 3 nitrogen and oxygen atoms in total. The fraction of sp³-hybridized carbons (Fsp3) is 0.500. The topological polar surface area (TPSA) is 24.8 Å². The lowest BCUT2D eigenvalue weighted by Crippen LogP contribution is -2.44. The number of hydrogen-bond donors (Lipinski definition) is 0. The molecule has 2 saturated carbocycles. The molecule has 2 heterocycles. The number of benzene rings is 2. The van der Waals surface area contributed by atoms with Crippen LogP contribution in [0.5, 0.6) is 0 Å². The third kappa shape index (κ3) is 3.67. The normalized spacial score (nSPS) is 23.4. The fourth-order valence-corrected chi connectivity index (χ4v) is 5.58. The van der Waals surface area contributed by atoms with Gasteiger partial charge in [-0.1, -0.05) is 59.2 Å². The average molecular weight is 421 g/mol. The molecule has 1 saturated heterocycles. The summed E-state index contributed by atoms with van der Waals surface area (Å²) in [6.07, 6.45) is 8.25. The molecule has 2 aromatic carbocycles. The third-order valence-corrected chi connectivity index (χ3v) is 7.78. The third-order valence-electron chi connectivity index (χ3n) is 7.34. The summed E-state index contributed by atoms with van der Waals surface area (Å²) in [5.74, 6) is 1.42. The molecule has 156 valence electrons. The molecule has 0 unspecified atom stereocenters. The van der Waals surface area contributed by atoms with Crippen LogP contribution in [0.4, 0.5) is 0 Å². The van der Waals surface area contributed by atoms with Crippen LogP contribution in [0.1, 0.15) is 79.0 Å². The zero-order valence-electron chi connectivity index (χ0n) is 17.4. The van der Waals surface area contributed by atoms with E-state index in [4.69, 9.17) is 16.4 Å². The number of rotatable bonds is 5. The van der Waals surface area contributed by atoms with E-state index >= 15 is 0 Å². The highest BCUT2D eigenvalue weighted by Crippen LogP contribution is 2.50. The molecule has 0 aromatic heterocycles. The molecular formula is C26H29ClN2O.